The second-order valence-corrected chi connectivity index (χ2v) is 5.48. The van der Waals surface area contributed by atoms with Gasteiger partial charge in [0.1, 0.15) is 11.5 Å². The normalized spacial score (nSPS) is 11.2. The fraction of sp³-hybridized carbons (Fsp3) is 0.600. The largest absolute Gasteiger partial charge is 0.491 e. The molecule has 19 heavy (non-hydrogen) atoms. The minimum absolute atomic E-state index is 0.0903. The first-order chi connectivity index (χ1) is 8.93. The minimum atomic E-state index is 0.0903. The Labute approximate surface area is 121 Å². The third kappa shape index (κ3) is 5.29. The summed E-state index contributed by atoms with van der Waals surface area (Å²) in [6, 6.07) is 3.83. The lowest BCUT2D eigenvalue weighted by molar-refractivity contribution is 0.227. The molecule has 0 atom stereocenters. The van der Waals surface area contributed by atoms with Gasteiger partial charge in [0.2, 0.25) is 0 Å². The van der Waals surface area contributed by atoms with E-state index in [1.54, 1.807) is 0 Å². The van der Waals surface area contributed by atoms with E-state index in [0.29, 0.717) is 10.8 Å². The third-order valence-corrected chi connectivity index (χ3v) is 2.78. The van der Waals surface area contributed by atoms with Crippen LogP contribution < -0.4 is 14.8 Å². The van der Waals surface area contributed by atoms with Crippen molar-refractivity contribution in [1.29, 1.82) is 0 Å². The van der Waals surface area contributed by atoms with Crippen molar-refractivity contribution in [3.8, 4) is 11.5 Å². The Bertz CT molecular complexity index is 405. The van der Waals surface area contributed by atoms with Gasteiger partial charge in [-0.2, -0.15) is 0 Å². The van der Waals surface area contributed by atoms with E-state index < -0.39 is 0 Å². The van der Waals surface area contributed by atoms with Crippen molar-refractivity contribution >= 4 is 11.6 Å². The van der Waals surface area contributed by atoms with Crippen LogP contribution in [0.15, 0.2) is 12.1 Å². The van der Waals surface area contributed by atoms with Gasteiger partial charge in [-0.05, 0) is 59.3 Å². The molecule has 0 spiro atoms. The predicted octanol–water partition coefficient (Wildman–Crippen LogP) is 3.68. The first-order valence-corrected chi connectivity index (χ1v) is 7.12. The summed E-state index contributed by atoms with van der Waals surface area (Å²) in [4.78, 5) is 0. The number of likely N-dealkylation sites (N-methyl/N-ethyl adjacent to an activating group) is 1. The molecule has 0 saturated heterocycles. The van der Waals surface area contributed by atoms with Crippen molar-refractivity contribution in [1.82, 2.24) is 5.32 Å². The maximum Gasteiger partial charge on any atom is 0.141 e. The maximum absolute atomic E-state index is 6.26. The van der Waals surface area contributed by atoms with Gasteiger partial charge in [-0.25, -0.2) is 0 Å². The number of rotatable bonds is 7. The zero-order valence-corrected chi connectivity index (χ0v) is 13.2. The highest BCUT2D eigenvalue weighted by Crippen LogP contribution is 2.34. The van der Waals surface area contributed by atoms with E-state index in [2.05, 4.69) is 5.32 Å². The molecule has 4 heteroatoms. The van der Waals surface area contributed by atoms with Crippen molar-refractivity contribution in [2.24, 2.45) is 0 Å². The van der Waals surface area contributed by atoms with Crippen LogP contribution in [0.3, 0.4) is 0 Å². The zero-order chi connectivity index (χ0) is 14.4. The fourth-order valence-corrected chi connectivity index (χ4v) is 1.97. The second-order valence-electron chi connectivity index (χ2n) is 5.08. The lowest BCUT2D eigenvalue weighted by Gasteiger charge is -2.18. The van der Waals surface area contributed by atoms with Crippen molar-refractivity contribution < 1.29 is 9.47 Å². The summed E-state index contributed by atoms with van der Waals surface area (Å²) in [6.07, 6.45) is 1.09. The highest BCUT2D eigenvalue weighted by Gasteiger charge is 2.13. The van der Waals surface area contributed by atoms with E-state index in [9.17, 15) is 0 Å². The molecule has 0 unspecified atom stereocenters. The average molecular weight is 286 g/mol. The van der Waals surface area contributed by atoms with Crippen LogP contribution in [0.1, 0.15) is 33.3 Å². The quantitative estimate of drug-likeness (QED) is 0.829. The molecule has 0 radical (unpaired) electrons. The van der Waals surface area contributed by atoms with E-state index in [1.807, 2.05) is 46.9 Å². The van der Waals surface area contributed by atoms with E-state index in [-0.39, 0.29) is 12.2 Å². The molecule has 0 aromatic heterocycles. The summed E-state index contributed by atoms with van der Waals surface area (Å²) < 4.78 is 11.6. The molecule has 0 aliphatic carbocycles. The topological polar surface area (TPSA) is 30.5 Å². The van der Waals surface area contributed by atoms with Gasteiger partial charge in [-0.3, -0.25) is 0 Å². The molecule has 0 saturated carbocycles. The summed E-state index contributed by atoms with van der Waals surface area (Å²) in [5.74, 6) is 1.53. The Hall–Kier alpha value is -0.930. The van der Waals surface area contributed by atoms with Crippen LogP contribution in [0.5, 0.6) is 11.5 Å². The van der Waals surface area contributed by atoms with Crippen LogP contribution in [0, 0.1) is 0 Å². The monoisotopic (exact) mass is 285 g/mol. The molecule has 0 fully saturated rings. The van der Waals surface area contributed by atoms with Crippen LogP contribution in [0.2, 0.25) is 5.02 Å². The lowest BCUT2D eigenvalue weighted by atomic mass is 10.1. The smallest absolute Gasteiger partial charge is 0.141 e. The summed E-state index contributed by atoms with van der Waals surface area (Å²) in [5.41, 5.74) is 1.10. The van der Waals surface area contributed by atoms with Crippen molar-refractivity contribution in [2.45, 2.75) is 46.3 Å². The van der Waals surface area contributed by atoms with Gasteiger partial charge < -0.3 is 14.8 Å². The molecule has 1 N–H and O–H groups in total. The van der Waals surface area contributed by atoms with E-state index in [4.69, 9.17) is 21.1 Å². The molecular formula is C15H24ClNO2. The molecule has 1 rings (SSSR count). The summed E-state index contributed by atoms with van der Waals surface area (Å²) in [5, 5.41) is 3.77. The Balaban J connectivity index is 3.04. The van der Waals surface area contributed by atoms with Gasteiger partial charge in [0.15, 0.2) is 0 Å². The van der Waals surface area contributed by atoms with E-state index >= 15 is 0 Å². The first kappa shape index (κ1) is 16.1. The van der Waals surface area contributed by atoms with Crippen LogP contribution in [0.4, 0.5) is 0 Å². The molecule has 0 amide bonds. The Morgan fingerprint density at radius 2 is 1.63 bits per heavy atom. The van der Waals surface area contributed by atoms with Gasteiger partial charge in [0.05, 0.1) is 17.2 Å². The van der Waals surface area contributed by atoms with Crippen molar-refractivity contribution in [3.63, 3.8) is 0 Å². The molecule has 0 aliphatic heterocycles. The van der Waals surface area contributed by atoms with Gasteiger partial charge in [0.25, 0.3) is 0 Å². The lowest BCUT2D eigenvalue weighted by Crippen LogP contribution is -2.14. The van der Waals surface area contributed by atoms with Crippen molar-refractivity contribution in [3.05, 3.63) is 22.7 Å². The minimum Gasteiger partial charge on any atom is -0.491 e. The van der Waals surface area contributed by atoms with Crippen LogP contribution >= 0.6 is 11.6 Å². The Morgan fingerprint density at radius 3 is 2.16 bits per heavy atom. The molecule has 108 valence electrons. The zero-order valence-electron chi connectivity index (χ0n) is 12.4. The summed E-state index contributed by atoms with van der Waals surface area (Å²) in [6.45, 7) is 8.87. The standard InChI is InChI=1S/C15H24ClNO2/c1-10(2)18-14-9-15(19-11(3)4)13(16)8-12(14)6-7-17-5/h8-11,17H,6-7H2,1-5H3. The molecule has 1 aromatic rings. The number of ether oxygens (including phenoxy) is 2. The maximum atomic E-state index is 6.26. The van der Waals surface area contributed by atoms with Crippen LogP contribution in [-0.2, 0) is 6.42 Å². The molecule has 1 aromatic carbocycles. The number of halogens is 1. The van der Waals surface area contributed by atoms with E-state index in [0.717, 1.165) is 24.3 Å². The third-order valence-electron chi connectivity index (χ3n) is 2.48. The van der Waals surface area contributed by atoms with Gasteiger partial charge in [-0.1, -0.05) is 11.6 Å². The Kier molecular flexibility index (Phi) is 6.46. The number of nitrogens with one attached hydrogen (secondary N) is 1. The molecule has 0 aliphatic rings. The molecule has 3 nitrogen and oxygen atoms in total. The summed E-state index contributed by atoms with van der Waals surface area (Å²) >= 11 is 6.26. The van der Waals surface area contributed by atoms with Gasteiger partial charge in [0, 0.05) is 6.07 Å². The van der Waals surface area contributed by atoms with E-state index in [1.165, 1.54) is 0 Å². The molecule has 0 bridgehead atoms. The number of benzene rings is 1. The number of hydrogen-bond acceptors (Lipinski definition) is 3. The number of hydrogen-bond donors (Lipinski definition) is 1. The Morgan fingerprint density at radius 1 is 1.05 bits per heavy atom. The predicted molar refractivity (Wildman–Crippen MR) is 80.6 cm³/mol. The molecule has 0 heterocycles. The average Bonchev–Trinajstić information content (AvgIpc) is 2.30. The second kappa shape index (κ2) is 7.61. The molecular weight excluding hydrogens is 262 g/mol. The first-order valence-electron chi connectivity index (χ1n) is 6.74. The van der Waals surface area contributed by atoms with Crippen molar-refractivity contribution in [2.75, 3.05) is 13.6 Å². The highest BCUT2D eigenvalue weighted by molar-refractivity contribution is 6.32. The summed E-state index contributed by atoms with van der Waals surface area (Å²) in [7, 11) is 1.93. The SMILES string of the molecule is CNCCc1cc(Cl)c(OC(C)C)cc1OC(C)C. The van der Waals surface area contributed by atoms with Gasteiger partial charge >= 0.3 is 0 Å². The van der Waals surface area contributed by atoms with Gasteiger partial charge in [-0.15, -0.1) is 0 Å². The fourth-order valence-electron chi connectivity index (χ4n) is 1.74. The highest BCUT2D eigenvalue weighted by atomic mass is 35.5. The van der Waals surface area contributed by atoms with Crippen LogP contribution in [-0.4, -0.2) is 25.8 Å². The van der Waals surface area contributed by atoms with Crippen LogP contribution in [0.25, 0.3) is 0 Å².